The number of carbonyl (C=O) groups is 3. The van der Waals surface area contributed by atoms with Gasteiger partial charge in [0, 0.05) is 25.9 Å². The van der Waals surface area contributed by atoms with Gasteiger partial charge in [-0.25, -0.2) is 0 Å². The molecule has 0 radical (unpaired) electrons. The molecule has 5 atom stereocenters. The molecule has 9 nitrogen and oxygen atoms in total. The normalized spacial score (nSPS) is 31.5. The van der Waals surface area contributed by atoms with Crippen molar-refractivity contribution < 1.29 is 29.0 Å². The second kappa shape index (κ2) is 9.54. The third-order valence-electron chi connectivity index (χ3n) is 7.72. The summed E-state index contributed by atoms with van der Waals surface area (Å²) in [5.41, 5.74) is -1.20. The lowest BCUT2D eigenvalue weighted by atomic mass is 9.66. The molecule has 3 amide bonds. The SMILES string of the molecule is CNC(=O)[C@@H]1[C@H]2C(=O)N(CCCCCCO)C(C(=O)Nc3ccc(OC)cc3)C23CC[C@@]1(C)O3. The second-order valence-corrected chi connectivity index (χ2v) is 9.73. The predicted octanol–water partition coefficient (Wildman–Crippen LogP) is 1.70. The second-order valence-electron chi connectivity index (χ2n) is 9.73. The Kier molecular flexibility index (Phi) is 6.87. The molecule has 3 aliphatic rings. The van der Waals surface area contributed by atoms with E-state index in [1.54, 1.807) is 43.3 Å². The molecule has 186 valence electrons. The van der Waals surface area contributed by atoms with Gasteiger partial charge in [0.1, 0.15) is 17.4 Å². The number of aliphatic hydroxyl groups excluding tert-OH is 1. The van der Waals surface area contributed by atoms with E-state index in [1.165, 1.54) is 0 Å². The van der Waals surface area contributed by atoms with Crippen LogP contribution in [0.15, 0.2) is 24.3 Å². The molecular formula is C25H35N3O6. The maximum atomic E-state index is 13.7. The molecule has 3 saturated heterocycles. The summed E-state index contributed by atoms with van der Waals surface area (Å²) < 4.78 is 11.7. The Hall–Kier alpha value is -2.65. The minimum Gasteiger partial charge on any atom is -0.497 e. The number of amides is 3. The van der Waals surface area contributed by atoms with E-state index in [0.29, 0.717) is 43.7 Å². The van der Waals surface area contributed by atoms with E-state index >= 15 is 0 Å². The fraction of sp³-hybridized carbons (Fsp3) is 0.640. The van der Waals surface area contributed by atoms with Gasteiger partial charge in [0.2, 0.25) is 17.7 Å². The Bertz CT molecular complexity index is 937. The number of ether oxygens (including phenoxy) is 2. The van der Waals surface area contributed by atoms with Crippen LogP contribution >= 0.6 is 0 Å². The number of likely N-dealkylation sites (tertiary alicyclic amines) is 1. The lowest BCUT2D eigenvalue weighted by molar-refractivity contribution is -0.144. The quantitative estimate of drug-likeness (QED) is 0.445. The first kappa shape index (κ1) is 24.5. The van der Waals surface area contributed by atoms with Gasteiger partial charge in [-0.1, -0.05) is 12.8 Å². The Morgan fingerprint density at radius 3 is 2.50 bits per heavy atom. The number of nitrogens with zero attached hydrogens (tertiary/aromatic N) is 1. The van der Waals surface area contributed by atoms with E-state index < -0.39 is 29.1 Å². The molecule has 1 aromatic carbocycles. The van der Waals surface area contributed by atoms with E-state index in [1.807, 2.05) is 6.92 Å². The van der Waals surface area contributed by atoms with E-state index in [-0.39, 0.29) is 24.3 Å². The number of fused-ring (bicyclic) bond motifs is 1. The number of hydrogen-bond donors (Lipinski definition) is 3. The largest absolute Gasteiger partial charge is 0.497 e. The van der Waals surface area contributed by atoms with Crippen molar-refractivity contribution in [3.05, 3.63) is 24.3 Å². The molecule has 2 bridgehead atoms. The molecule has 3 aliphatic heterocycles. The highest BCUT2D eigenvalue weighted by atomic mass is 16.5. The number of nitrogens with one attached hydrogen (secondary N) is 2. The highest BCUT2D eigenvalue weighted by molar-refractivity contribution is 6.03. The Morgan fingerprint density at radius 2 is 1.85 bits per heavy atom. The van der Waals surface area contributed by atoms with Gasteiger partial charge in [0.15, 0.2) is 0 Å². The average Bonchev–Trinajstić information content (AvgIpc) is 3.39. The monoisotopic (exact) mass is 473 g/mol. The van der Waals surface area contributed by atoms with Crippen LogP contribution in [0, 0.1) is 11.8 Å². The number of aliphatic hydroxyl groups is 1. The molecule has 1 spiro atoms. The van der Waals surface area contributed by atoms with Crippen molar-refractivity contribution in [1.29, 1.82) is 0 Å². The van der Waals surface area contributed by atoms with Crippen molar-refractivity contribution in [1.82, 2.24) is 10.2 Å². The van der Waals surface area contributed by atoms with Crippen molar-refractivity contribution in [2.45, 2.75) is 62.7 Å². The Balaban J connectivity index is 1.63. The van der Waals surface area contributed by atoms with E-state index in [4.69, 9.17) is 14.6 Å². The molecule has 3 N–H and O–H groups in total. The van der Waals surface area contributed by atoms with Gasteiger partial charge < -0.3 is 30.1 Å². The zero-order valence-electron chi connectivity index (χ0n) is 20.1. The summed E-state index contributed by atoms with van der Waals surface area (Å²) in [6, 6.07) is 6.21. The molecule has 0 saturated carbocycles. The summed E-state index contributed by atoms with van der Waals surface area (Å²) in [4.78, 5) is 41.9. The van der Waals surface area contributed by atoms with Gasteiger partial charge in [-0.15, -0.1) is 0 Å². The van der Waals surface area contributed by atoms with Crippen LogP contribution in [-0.4, -0.2) is 72.3 Å². The Labute approximate surface area is 200 Å². The zero-order valence-corrected chi connectivity index (χ0v) is 20.1. The lowest BCUT2D eigenvalue weighted by Gasteiger charge is -2.33. The smallest absolute Gasteiger partial charge is 0.250 e. The first-order chi connectivity index (χ1) is 16.3. The third-order valence-corrected chi connectivity index (χ3v) is 7.72. The maximum absolute atomic E-state index is 13.7. The van der Waals surface area contributed by atoms with Crippen molar-refractivity contribution in [3.8, 4) is 5.75 Å². The minimum absolute atomic E-state index is 0.140. The van der Waals surface area contributed by atoms with Crippen LogP contribution in [0.1, 0.15) is 45.4 Å². The first-order valence-electron chi connectivity index (χ1n) is 12.1. The number of unbranched alkanes of at least 4 members (excludes halogenated alkanes) is 3. The van der Waals surface area contributed by atoms with E-state index in [0.717, 1.165) is 12.8 Å². The molecule has 3 heterocycles. The highest BCUT2D eigenvalue weighted by Gasteiger charge is 2.77. The number of benzene rings is 1. The van der Waals surface area contributed by atoms with Crippen LogP contribution in [0.2, 0.25) is 0 Å². The molecule has 2 unspecified atom stereocenters. The number of hydrogen-bond acceptors (Lipinski definition) is 6. The summed E-state index contributed by atoms with van der Waals surface area (Å²) in [6.07, 6.45) is 4.28. The average molecular weight is 474 g/mol. The summed E-state index contributed by atoms with van der Waals surface area (Å²) >= 11 is 0. The topological polar surface area (TPSA) is 117 Å². The number of rotatable bonds is 10. The first-order valence-corrected chi connectivity index (χ1v) is 12.1. The van der Waals surface area contributed by atoms with Crippen LogP contribution in [0.3, 0.4) is 0 Å². The van der Waals surface area contributed by atoms with Gasteiger partial charge in [-0.3, -0.25) is 14.4 Å². The van der Waals surface area contributed by atoms with Crippen molar-refractivity contribution in [2.24, 2.45) is 11.8 Å². The molecule has 9 heteroatoms. The fourth-order valence-electron chi connectivity index (χ4n) is 6.16. The zero-order chi connectivity index (χ0) is 24.5. The molecule has 1 aromatic rings. The van der Waals surface area contributed by atoms with Gasteiger partial charge in [0.25, 0.3) is 0 Å². The molecule has 0 aliphatic carbocycles. The third kappa shape index (κ3) is 3.94. The van der Waals surface area contributed by atoms with Gasteiger partial charge in [-0.2, -0.15) is 0 Å². The van der Waals surface area contributed by atoms with E-state index in [2.05, 4.69) is 10.6 Å². The van der Waals surface area contributed by atoms with Gasteiger partial charge in [-0.05, 0) is 56.9 Å². The fourth-order valence-corrected chi connectivity index (χ4v) is 6.16. The van der Waals surface area contributed by atoms with Gasteiger partial charge in [0.05, 0.1) is 24.5 Å². The number of carbonyl (C=O) groups excluding carboxylic acids is 3. The van der Waals surface area contributed by atoms with Gasteiger partial charge >= 0.3 is 0 Å². The van der Waals surface area contributed by atoms with Crippen molar-refractivity contribution in [2.75, 3.05) is 32.6 Å². The van der Waals surface area contributed by atoms with Crippen LogP contribution in [0.25, 0.3) is 0 Å². The van der Waals surface area contributed by atoms with E-state index in [9.17, 15) is 14.4 Å². The molecule has 0 aromatic heterocycles. The van der Waals surface area contributed by atoms with Crippen LogP contribution in [-0.2, 0) is 19.1 Å². The molecular weight excluding hydrogens is 438 g/mol. The molecule has 34 heavy (non-hydrogen) atoms. The van der Waals surface area contributed by atoms with Crippen LogP contribution in [0.4, 0.5) is 5.69 Å². The maximum Gasteiger partial charge on any atom is 0.250 e. The summed E-state index contributed by atoms with van der Waals surface area (Å²) in [5.74, 6) is -1.35. The van der Waals surface area contributed by atoms with Crippen LogP contribution in [0.5, 0.6) is 5.75 Å². The standard InChI is InChI=1S/C25H35N3O6/c1-24-12-13-25(34-24)19(18(24)21(30)26-2)23(32)28(14-6-4-5-7-15-29)20(25)22(31)27-16-8-10-17(33-3)11-9-16/h8-11,18-20,29H,4-7,12-15H2,1-3H3,(H,26,30)(H,27,31)/t18-,19-,20?,24+,25?/m0/s1. The Morgan fingerprint density at radius 1 is 1.15 bits per heavy atom. The van der Waals surface area contributed by atoms with Crippen molar-refractivity contribution in [3.63, 3.8) is 0 Å². The number of methoxy groups -OCH3 is 1. The minimum atomic E-state index is -1.02. The molecule has 4 rings (SSSR count). The highest BCUT2D eigenvalue weighted by Crippen LogP contribution is 2.63. The molecule has 3 fully saturated rings. The summed E-state index contributed by atoms with van der Waals surface area (Å²) in [6.45, 7) is 2.43. The predicted molar refractivity (Wildman–Crippen MR) is 125 cm³/mol. The van der Waals surface area contributed by atoms with Crippen molar-refractivity contribution >= 4 is 23.4 Å². The lowest BCUT2D eigenvalue weighted by Crippen LogP contribution is -2.53. The number of anilines is 1. The summed E-state index contributed by atoms with van der Waals surface area (Å²) in [7, 11) is 3.14. The van der Waals surface area contributed by atoms with Crippen LogP contribution < -0.4 is 15.4 Å². The summed E-state index contributed by atoms with van der Waals surface area (Å²) in [5, 5.41) is 14.7.